The van der Waals surface area contributed by atoms with E-state index < -0.39 is 33.4 Å². The SMILES string of the molecule is CC#C[C@H]1CN(S(=O)(=O)c2ccccc2S)CCN1c1ncc([C@@](C)(O)C(F)(F)F)cn1. The average molecular weight is 487 g/mol. The molecule has 2 aromatic rings. The second-order valence-corrected chi connectivity index (χ2v) is 9.66. The molecular formula is C20H21F3N4O3S2. The lowest BCUT2D eigenvalue weighted by Crippen LogP contribution is -2.55. The summed E-state index contributed by atoms with van der Waals surface area (Å²) in [7, 11) is -3.83. The maximum atomic E-state index is 13.1. The number of anilines is 1. The Bertz CT molecular complexity index is 1140. The van der Waals surface area contributed by atoms with Crippen molar-refractivity contribution in [2.75, 3.05) is 24.5 Å². The Balaban J connectivity index is 1.86. The Morgan fingerprint density at radius 3 is 2.38 bits per heavy atom. The van der Waals surface area contributed by atoms with Gasteiger partial charge in [0.1, 0.15) is 6.04 Å². The molecule has 32 heavy (non-hydrogen) atoms. The molecule has 1 N–H and O–H groups in total. The Kier molecular flexibility index (Phi) is 6.76. The van der Waals surface area contributed by atoms with E-state index >= 15 is 0 Å². The molecule has 1 aromatic heterocycles. The highest BCUT2D eigenvalue weighted by atomic mass is 32.2. The van der Waals surface area contributed by atoms with Gasteiger partial charge in [0.2, 0.25) is 16.0 Å². The van der Waals surface area contributed by atoms with Gasteiger partial charge in [0.25, 0.3) is 0 Å². The molecule has 2 atom stereocenters. The van der Waals surface area contributed by atoms with Gasteiger partial charge in [-0.15, -0.1) is 18.5 Å². The van der Waals surface area contributed by atoms with E-state index in [9.17, 15) is 26.7 Å². The predicted molar refractivity (Wildman–Crippen MR) is 115 cm³/mol. The van der Waals surface area contributed by atoms with Crippen molar-refractivity contribution in [2.45, 2.75) is 41.5 Å². The van der Waals surface area contributed by atoms with Crippen LogP contribution in [-0.2, 0) is 15.6 Å². The zero-order valence-electron chi connectivity index (χ0n) is 17.2. The third-order valence-corrected chi connectivity index (χ3v) is 7.61. The van der Waals surface area contributed by atoms with Crippen LogP contribution < -0.4 is 4.90 Å². The Morgan fingerprint density at radius 1 is 1.19 bits per heavy atom. The Hall–Kier alpha value is -2.33. The predicted octanol–water partition coefficient (Wildman–Crippen LogP) is 2.44. The number of piperazine rings is 1. The maximum Gasteiger partial charge on any atom is 0.421 e. The number of aliphatic hydroxyl groups is 1. The van der Waals surface area contributed by atoms with Gasteiger partial charge in [-0.2, -0.15) is 17.5 Å². The fourth-order valence-corrected chi connectivity index (χ4v) is 5.23. The molecule has 0 unspecified atom stereocenters. The number of rotatable bonds is 4. The minimum atomic E-state index is -4.89. The van der Waals surface area contributed by atoms with Crippen molar-refractivity contribution in [3.8, 4) is 11.8 Å². The van der Waals surface area contributed by atoms with Crippen molar-refractivity contribution in [3.63, 3.8) is 0 Å². The van der Waals surface area contributed by atoms with Gasteiger partial charge in [0.05, 0.1) is 4.90 Å². The summed E-state index contributed by atoms with van der Waals surface area (Å²) in [6.45, 7) is 2.50. The standard InChI is InChI=1S/C20H21F3N4O3S2/c1-3-6-15-13-26(32(29,30)17-8-5-4-7-16(17)31)9-10-27(15)18-24-11-14(12-25-18)19(2,28)20(21,22)23/h4-5,7-8,11-12,15,28,31H,9-10,13H2,1-2H3/t15-,19+/m0/s1. The molecule has 12 heteroatoms. The van der Waals surface area contributed by atoms with Gasteiger partial charge in [-0.25, -0.2) is 18.4 Å². The van der Waals surface area contributed by atoms with Gasteiger partial charge >= 0.3 is 6.18 Å². The third-order valence-electron chi connectivity index (χ3n) is 5.15. The van der Waals surface area contributed by atoms with Gasteiger partial charge in [-0.05, 0) is 26.0 Å². The molecule has 1 aliphatic rings. The molecule has 0 saturated carbocycles. The molecule has 2 heterocycles. The van der Waals surface area contributed by atoms with Crippen molar-refractivity contribution in [2.24, 2.45) is 0 Å². The molecule has 0 amide bonds. The van der Waals surface area contributed by atoms with E-state index in [1.807, 2.05) is 0 Å². The summed E-state index contributed by atoms with van der Waals surface area (Å²) < 4.78 is 66.7. The van der Waals surface area contributed by atoms with Gasteiger partial charge in [-0.3, -0.25) is 0 Å². The number of sulfonamides is 1. The molecule has 7 nitrogen and oxygen atoms in total. The highest BCUT2D eigenvalue weighted by Crippen LogP contribution is 2.38. The molecule has 0 aliphatic carbocycles. The number of halogens is 3. The van der Waals surface area contributed by atoms with Crippen molar-refractivity contribution in [3.05, 3.63) is 42.2 Å². The first-order valence-corrected chi connectivity index (χ1v) is 11.4. The number of alkyl halides is 3. The number of benzene rings is 1. The summed E-state index contributed by atoms with van der Waals surface area (Å²) in [6.07, 6.45) is -3.07. The first-order valence-electron chi connectivity index (χ1n) is 9.48. The number of hydrogen-bond donors (Lipinski definition) is 2. The molecule has 1 saturated heterocycles. The number of thiol groups is 1. The Morgan fingerprint density at radius 2 is 1.81 bits per heavy atom. The second kappa shape index (κ2) is 8.90. The number of nitrogens with zero attached hydrogens (tertiary/aromatic N) is 4. The maximum absolute atomic E-state index is 13.1. The van der Waals surface area contributed by atoms with Crippen LogP contribution in [0.25, 0.3) is 0 Å². The van der Waals surface area contributed by atoms with E-state index in [-0.39, 0.29) is 30.5 Å². The quantitative estimate of drug-likeness (QED) is 0.510. The highest BCUT2D eigenvalue weighted by molar-refractivity contribution is 7.90. The van der Waals surface area contributed by atoms with Crippen LogP contribution in [0.15, 0.2) is 46.5 Å². The van der Waals surface area contributed by atoms with E-state index in [4.69, 9.17) is 0 Å². The van der Waals surface area contributed by atoms with Crippen LogP contribution in [0.1, 0.15) is 19.4 Å². The molecule has 0 spiro atoms. The van der Waals surface area contributed by atoms with Gasteiger partial charge in [0, 0.05) is 42.5 Å². The summed E-state index contributed by atoms with van der Waals surface area (Å²) in [6, 6.07) is 5.73. The largest absolute Gasteiger partial charge is 0.421 e. The molecule has 1 aromatic carbocycles. The van der Waals surface area contributed by atoms with E-state index in [1.54, 1.807) is 30.0 Å². The molecule has 0 bridgehead atoms. The van der Waals surface area contributed by atoms with E-state index in [1.165, 1.54) is 10.4 Å². The number of aromatic nitrogens is 2. The van der Waals surface area contributed by atoms with Crippen molar-refractivity contribution < 1.29 is 26.7 Å². The molecule has 0 radical (unpaired) electrons. The van der Waals surface area contributed by atoms with E-state index in [0.29, 0.717) is 11.8 Å². The summed E-state index contributed by atoms with van der Waals surface area (Å²) in [5, 5.41) is 9.79. The first kappa shape index (κ1) is 24.3. The van der Waals surface area contributed by atoms with Gasteiger partial charge < -0.3 is 10.0 Å². The lowest BCUT2D eigenvalue weighted by atomic mass is 9.99. The highest BCUT2D eigenvalue weighted by Gasteiger charge is 2.51. The van der Waals surface area contributed by atoms with Crippen LogP contribution in [-0.4, -0.2) is 59.6 Å². The lowest BCUT2D eigenvalue weighted by molar-refractivity contribution is -0.259. The monoisotopic (exact) mass is 486 g/mol. The summed E-state index contributed by atoms with van der Waals surface area (Å²) >= 11 is 4.24. The fraction of sp³-hybridized carbons (Fsp3) is 0.400. The van der Waals surface area contributed by atoms with Crippen molar-refractivity contribution >= 4 is 28.6 Å². The minimum absolute atomic E-state index is 0.0106. The third kappa shape index (κ3) is 4.56. The Labute approximate surface area is 189 Å². The topological polar surface area (TPSA) is 86.6 Å². The van der Waals surface area contributed by atoms with Crippen LogP contribution in [0.4, 0.5) is 19.1 Å². The molecule has 172 valence electrons. The number of hydrogen-bond acceptors (Lipinski definition) is 7. The molecule has 1 aliphatic heterocycles. The average Bonchev–Trinajstić information content (AvgIpc) is 2.73. The smallest absolute Gasteiger partial charge is 0.376 e. The molecular weight excluding hydrogens is 465 g/mol. The van der Waals surface area contributed by atoms with Crippen LogP contribution >= 0.6 is 12.6 Å². The van der Waals surface area contributed by atoms with Crippen LogP contribution in [0.5, 0.6) is 0 Å². The fourth-order valence-electron chi connectivity index (χ4n) is 3.20. The van der Waals surface area contributed by atoms with E-state index in [0.717, 1.165) is 12.4 Å². The van der Waals surface area contributed by atoms with Gasteiger partial charge in [-0.1, -0.05) is 18.1 Å². The van der Waals surface area contributed by atoms with Crippen LogP contribution in [0.2, 0.25) is 0 Å². The van der Waals surface area contributed by atoms with Crippen molar-refractivity contribution in [1.82, 2.24) is 14.3 Å². The van der Waals surface area contributed by atoms with Gasteiger partial charge in [0.15, 0.2) is 5.60 Å². The molecule has 3 rings (SSSR count). The normalized spacial score (nSPS) is 19.7. The molecule has 1 fully saturated rings. The van der Waals surface area contributed by atoms with Crippen LogP contribution in [0, 0.1) is 11.8 Å². The summed E-state index contributed by atoms with van der Waals surface area (Å²) in [5.74, 6) is 5.74. The lowest BCUT2D eigenvalue weighted by Gasteiger charge is -2.38. The van der Waals surface area contributed by atoms with E-state index in [2.05, 4.69) is 34.4 Å². The second-order valence-electron chi connectivity index (χ2n) is 7.28. The first-order chi connectivity index (χ1) is 14.9. The summed E-state index contributed by atoms with van der Waals surface area (Å²) in [4.78, 5) is 9.99. The zero-order chi connectivity index (χ0) is 23.7. The van der Waals surface area contributed by atoms with Crippen molar-refractivity contribution in [1.29, 1.82) is 0 Å². The zero-order valence-corrected chi connectivity index (χ0v) is 18.9. The summed E-state index contributed by atoms with van der Waals surface area (Å²) in [5.41, 5.74) is -3.60. The minimum Gasteiger partial charge on any atom is -0.376 e. The van der Waals surface area contributed by atoms with Crippen LogP contribution in [0.3, 0.4) is 0 Å².